The lowest BCUT2D eigenvalue weighted by Crippen LogP contribution is -2.34. The van der Waals surface area contributed by atoms with E-state index in [-0.39, 0.29) is 12.1 Å². The van der Waals surface area contributed by atoms with Gasteiger partial charge in [-0.1, -0.05) is 12.1 Å². The van der Waals surface area contributed by atoms with Crippen molar-refractivity contribution in [1.82, 2.24) is 15.3 Å². The monoisotopic (exact) mass is 258 g/mol. The number of carbonyl (C=O) groups excluding carboxylic acids is 1. The first kappa shape index (κ1) is 13.1. The average molecular weight is 258 g/mol. The van der Waals surface area contributed by atoms with Crippen LogP contribution in [0.2, 0.25) is 0 Å². The van der Waals surface area contributed by atoms with Gasteiger partial charge < -0.3 is 15.6 Å². The van der Waals surface area contributed by atoms with Crippen LogP contribution in [0.5, 0.6) is 0 Å². The topological polar surface area (TPSA) is 69.8 Å². The van der Waals surface area contributed by atoms with Crippen molar-refractivity contribution in [2.45, 2.75) is 26.8 Å². The van der Waals surface area contributed by atoms with Gasteiger partial charge in [0.05, 0.1) is 11.9 Å². The number of carbonyl (C=O) groups is 1. The van der Waals surface area contributed by atoms with Gasteiger partial charge in [-0.15, -0.1) is 0 Å². The van der Waals surface area contributed by atoms with Crippen molar-refractivity contribution < 1.29 is 4.79 Å². The van der Waals surface area contributed by atoms with E-state index in [0.717, 1.165) is 22.8 Å². The van der Waals surface area contributed by atoms with Crippen LogP contribution < -0.4 is 10.6 Å². The van der Waals surface area contributed by atoms with Crippen molar-refractivity contribution in [1.29, 1.82) is 0 Å². The molecule has 1 aromatic heterocycles. The highest BCUT2D eigenvalue weighted by Gasteiger charge is 2.05. The molecule has 1 aromatic carbocycles. The summed E-state index contributed by atoms with van der Waals surface area (Å²) in [6.07, 6.45) is 1.78. The second-order valence-electron chi connectivity index (χ2n) is 4.72. The number of hydrogen-bond donors (Lipinski definition) is 3. The average Bonchev–Trinajstić information content (AvgIpc) is 2.75. The third-order valence-corrected chi connectivity index (χ3v) is 2.55. The van der Waals surface area contributed by atoms with E-state index in [1.54, 1.807) is 6.20 Å². The van der Waals surface area contributed by atoms with Crippen molar-refractivity contribution in [3.63, 3.8) is 0 Å². The maximum Gasteiger partial charge on any atom is 0.319 e. The zero-order valence-electron chi connectivity index (χ0n) is 11.3. The molecule has 5 heteroatoms. The van der Waals surface area contributed by atoms with E-state index < -0.39 is 0 Å². The second kappa shape index (κ2) is 5.56. The second-order valence-corrected chi connectivity index (χ2v) is 4.72. The fourth-order valence-electron chi connectivity index (χ4n) is 1.76. The van der Waals surface area contributed by atoms with Crippen LogP contribution in [0.15, 0.2) is 30.5 Å². The summed E-state index contributed by atoms with van der Waals surface area (Å²) < 4.78 is 0. The zero-order valence-corrected chi connectivity index (χ0v) is 11.3. The van der Waals surface area contributed by atoms with Gasteiger partial charge in [-0.05, 0) is 32.9 Å². The lowest BCUT2D eigenvalue weighted by Gasteiger charge is -2.10. The Labute approximate surface area is 112 Å². The fraction of sp³-hybridized carbons (Fsp3) is 0.286. The molecule has 0 atom stereocenters. The normalized spacial score (nSPS) is 10.5. The molecule has 3 N–H and O–H groups in total. The van der Waals surface area contributed by atoms with Crippen LogP contribution in [0.4, 0.5) is 10.5 Å². The molecule has 0 bridgehead atoms. The molecule has 100 valence electrons. The number of imidazole rings is 1. The van der Waals surface area contributed by atoms with Gasteiger partial charge in [-0.3, -0.25) is 0 Å². The highest BCUT2D eigenvalue weighted by molar-refractivity contribution is 5.90. The number of nitrogens with zero attached hydrogens (tertiary/aromatic N) is 1. The van der Waals surface area contributed by atoms with Crippen LogP contribution >= 0.6 is 0 Å². The van der Waals surface area contributed by atoms with Crippen molar-refractivity contribution in [3.05, 3.63) is 36.3 Å². The summed E-state index contributed by atoms with van der Waals surface area (Å²) >= 11 is 0. The Bertz CT molecular complexity index is 574. The summed E-state index contributed by atoms with van der Waals surface area (Å²) in [6, 6.07) is 7.54. The third-order valence-electron chi connectivity index (χ3n) is 2.55. The number of nitrogens with one attached hydrogen (secondary N) is 3. The Morgan fingerprint density at radius 2 is 2.16 bits per heavy atom. The van der Waals surface area contributed by atoms with Gasteiger partial charge >= 0.3 is 6.03 Å². The predicted molar refractivity (Wildman–Crippen MR) is 76.1 cm³/mol. The molecule has 0 spiro atoms. The van der Waals surface area contributed by atoms with Crippen LogP contribution in [0.3, 0.4) is 0 Å². The number of benzene rings is 1. The first-order valence-electron chi connectivity index (χ1n) is 6.24. The molecule has 2 aromatic rings. The summed E-state index contributed by atoms with van der Waals surface area (Å²) in [5.74, 6) is 0.867. The van der Waals surface area contributed by atoms with Crippen molar-refractivity contribution in [2.24, 2.45) is 0 Å². The molecule has 0 radical (unpaired) electrons. The Morgan fingerprint density at radius 1 is 1.37 bits per heavy atom. The minimum absolute atomic E-state index is 0.110. The SMILES string of the molecule is Cc1ncc(-c2cccc(NC(=O)NC(C)C)c2)[nH]1. The summed E-state index contributed by atoms with van der Waals surface area (Å²) in [5, 5.41) is 5.59. The first-order valence-corrected chi connectivity index (χ1v) is 6.24. The zero-order chi connectivity index (χ0) is 13.8. The third kappa shape index (κ3) is 3.58. The quantitative estimate of drug-likeness (QED) is 0.792. The van der Waals surface area contributed by atoms with Gasteiger partial charge in [0.1, 0.15) is 5.82 Å². The van der Waals surface area contributed by atoms with Crippen molar-refractivity contribution in [2.75, 3.05) is 5.32 Å². The summed E-state index contributed by atoms with van der Waals surface area (Å²) in [4.78, 5) is 19.0. The Balaban J connectivity index is 2.13. The highest BCUT2D eigenvalue weighted by atomic mass is 16.2. The van der Waals surface area contributed by atoms with E-state index >= 15 is 0 Å². The minimum atomic E-state index is -0.201. The standard InChI is InChI=1S/C14H18N4O/c1-9(2)16-14(19)18-12-6-4-5-11(7-12)13-8-15-10(3)17-13/h4-9H,1-3H3,(H,15,17)(H2,16,18,19). The summed E-state index contributed by atoms with van der Waals surface area (Å²) in [5.41, 5.74) is 2.68. The smallest absolute Gasteiger partial charge is 0.319 e. The summed E-state index contributed by atoms with van der Waals surface area (Å²) in [6.45, 7) is 5.74. The molecule has 0 aliphatic rings. The number of H-pyrrole nitrogens is 1. The van der Waals surface area contributed by atoms with Gasteiger partial charge in [0.15, 0.2) is 0 Å². The molecule has 0 aliphatic carbocycles. The Morgan fingerprint density at radius 3 is 2.79 bits per heavy atom. The van der Waals surface area contributed by atoms with Crippen LogP contribution in [0, 0.1) is 6.92 Å². The van der Waals surface area contributed by atoms with Crippen LogP contribution in [0.25, 0.3) is 11.3 Å². The van der Waals surface area contributed by atoms with Gasteiger partial charge in [-0.25, -0.2) is 9.78 Å². The molecular weight excluding hydrogens is 240 g/mol. The van der Waals surface area contributed by atoms with Gasteiger partial charge in [0.2, 0.25) is 0 Å². The molecule has 2 rings (SSSR count). The van der Waals surface area contributed by atoms with Crippen molar-refractivity contribution in [3.8, 4) is 11.3 Å². The van der Waals surface area contributed by atoms with E-state index in [4.69, 9.17) is 0 Å². The lowest BCUT2D eigenvalue weighted by atomic mass is 10.1. The van der Waals surface area contributed by atoms with Crippen LogP contribution in [-0.2, 0) is 0 Å². The van der Waals surface area contributed by atoms with Gasteiger partial charge in [0.25, 0.3) is 0 Å². The number of aromatic nitrogens is 2. The molecule has 0 saturated carbocycles. The molecule has 0 saturated heterocycles. The van der Waals surface area contributed by atoms with Crippen molar-refractivity contribution >= 4 is 11.7 Å². The molecule has 2 amide bonds. The lowest BCUT2D eigenvalue weighted by molar-refractivity contribution is 0.250. The summed E-state index contributed by atoms with van der Waals surface area (Å²) in [7, 11) is 0. The number of amides is 2. The van der Waals surface area contributed by atoms with E-state index in [9.17, 15) is 4.79 Å². The minimum Gasteiger partial charge on any atom is -0.342 e. The highest BCUT2D eigenvalue weighted by Crippen LogP contribution is 2.20. The van der Waals surface area contributed by atoms with Gasteiger partial charge in [0, 0.05) is 17.3 Å². The Hall–Kier alpha value is -2.30. The van der Waals surface area contributed by atoms with Crippen LogP contribution in [-0.4, -0.2) is 22.0 Å². The Kier molecular flexibility index (Phi) is 3.85. The molecule has 0 fully saturated rings. The number of hydrogen-bond acceptors (Lipinski definition) is 2. The molecule has 1 heterocycles. The molecule has 0 unspecified atom stereocenters. The maximum atomic E-state index is 11.6. The van der Waals surface area contributed by atoms with E-state index in [2.05, 4.69) is 20.6 Å². The number of anilines is 1. The predicted octanol–water partition coefficient (Wildman–Crippen LogP) is 2.92. The molecular formula is C14H18N4O. The fourth-order valence-corrected chi connectivity index (χ4v) is 1.76. The molecule has 5 nitrogen and oxygen atoms in total. The number of rotatable bonds is 3. The van der Waals surface area contributed by atoms with E-state index in [1.807, 2.05) is 45.0 Å². The molecule has 0 aliphatic heterocycles. The number of aryl methyl sites for hydroxylation is 1. The largest absolute Gasteiger partial charge is 0.342 e. The van der Waals surface area contributed by atoms with Gasteiger partial charge in [-0.2, -0.15) is 0 Å². The van der Waals surface area contributed by atoms with E-state index in [0.29, 0.717) is 0 Å². The number of aromatic amines is 1. The maximum absolute atomic E-state index is 11.6. The van der Waals surface area contributed by atoms with Crippen LogP contribution in [0.1, 0.15) is 19.7 Å². The number of urea groups is 1. The first-order chi connectivity index (χ1) is 9.04. The molecule has 19 heavy (non-hydrogen) atoms. The van der Waals surface area contributed by atoms with E-state index in [1.165, 1.54) is 0 Å².